The monoisotopic (exact) mass is 600 g/mol. The third kappa shape index (κ3) is 3.00. The zero-order valence-corrected chi connectivity index (χ0v) is 27.1. The van der Waals surface area contributed by atoms with E-state index in [1.54, 1.807) is 0 Å². The Morgan fingerprint density at radius 2 is 1.23 bits per heavy atom. The molecule has 0 atom stereocenters. The molecule has 0 aliphatic carbocycles. The van der Waals surface area contributed by atoms with Gasteiger partial charge in [0, 0.05) is 44.1 Å². The van der Waals surface area contributed by atoms with Gasteiger partial charge in [-0.2, -0.15) is 0 Å². The van der Waals surface area contributed by atoms with E-state index in [4.69, 9.17) is 0 Å². The first-order valence-electron chi connectivity index (χ1n) is 16.9. The van der Waals surface area contributed by atoms with Crippen LogP contribution in [0.5, 0.6) is 0 Å². The molecular formula is C44H33BN2. The summed E-state index contributed by atoms with van der Waals surface area (Å²) in [7, 11) is 0.913. The average Bonchev–Trinajstić information content (AvgIpc) is 3.44. The van der Waals surface area contributed by atoms with Crippen molar-refractivity contribution < 1.29 is 0 Å². The quantitative estimate of drug-likeness (QED) is 0.186. The second kappa shape index (κ2) is 8.35. The molecule has 0 fully saturated rings. The molecule has 222 valence electrons. The molecular weight excluding hydrogens is 567 g/mol. The number of hydrogen-bond donors (Lipinski definition) is 1. The Bertz CT molecular complexity index is 2740. The van der Waals surface area contributed by atoms with E-state index >= 15 is 0 Å². The first kappa shape index (κ1) is 25.9. The molecule has 7 aromatic carbocycles. The van der Waals surface area contributed by atoms with Crippen molar-refractivity contribution in [2.45, 2.75) is 38.5 Å². The van der Waals surface area contributed by atoms with E-state index in [9.17, 15) is 0 Å². The van der Waals surface area contributed by atoms with Gasteiger partial charge in [-0.1, -0.05) is 136 Å². The van der Waals surface area contributed by atoms with Crippen LogP contribution in [0.2, 0.25) is 0 Å². The number of anilines is 2. The van der Waals surface area contributed by atoms with E-state index in [1.807, 2.05) is 0 Å². The third-order valence-corrected chi connectivity index (χ3v) is 11.9. The highest BCUT2D eigenvalue weighted by atomic mass is 15.0. The second-order valence-corrected chi connectivity index (χ2v) is 15.0. The number of nitrogens with zero attached hydrogens (tertiary/aromatic N) is 1. The van der Waals surface area contributed by atoms with Gasteiger partial charge < -0.3 is 9.88 Å². The molecule has 3 aliphatic heterocycles. The Kier molecular flexibility index (Phi) is 4.60. The summed E-state index contributed by atoms with van der Waals surface area (Å²) in [5.41, 5.74) is 17.4. The van der Waals surface area contributed by atoms with Gasteiger partial charge in [-0.25, -0.2) is 0 Å². The number of aromatic nitrogens is 1. The predicted molar refractivity (Wildman–Crippen MR) is 202 cm³/mol. The molecule has 0 radical (unpaired) electrons. The van der Waals surface area contributed by atoms with Crippen LogP contribution in [-0.4, -0.2) is 11.8 Å². The van der Waals surface area contributed by atoms with Gasteiger partial charge in [0.2, 0.25) is 0 Å². The lowest BCUT2D eigenvalue weighted by atomic mass is 9.57. The molecule has 2 nitrogen and oxygen atoms in total. The van der Waals surface area contributed by atoms with Gasteiger partial charge in [0.15, 0.2) is 7.28 Å². The molecule has 11 rings (SSSR count). The Morgan fingerprint density at radius 1 is 0.574 bits per heavy atom. The Morgan fingerprint density at radius 3 is 2.09 bits per heavy atom. The van der Waals surface area contributed by atoms with E-state index in [1.165, 1.54) is 105 Å². The minimum absolute atomic E-state index is 0.0725. The first-order chi connectivity index (χ1) is 22.8. The van der Waals surface area contributed by atoms with Crippen molar-refractivity contribution >= 4 is 72.9 Å². The van der Waals surface area contributed by atoms with Crippen molar-refractivity contribution in [2.24, 2.45) is 0 Å². The average molecular weight is 601 g/mol. The highest BCUT2D eigenvalue weighted by molar-refractivity contribution is 6.74. The number of fused-ring (bicyclic) bond motifs is 6. The SMILES string of the molecule is CC1(C)c2cc3ccccc3cc2Nc2c(-c3c4c5c(c6ccccc36)c3cccc6c3n5-c3c(cccc3C6(C)C)B4)cccc21. The van der Waals surface area contributed by atoms with E-state index < -0.39 is 0 Å². The van der Waals surface area contributed by atoms with Gasteiger partial charge in [-0.15, -0.1) is 0 Å². The largest absolute Gasteiger partial charge is 0.354 e. The third-order valence-electron chi connectivity index (χ3n) is 11.9. The minimum atomic E-state index is -0.162. The summed E-state index contributed by atoms with van der Waals surface area (Å²) < 4.78 is 2.65. The van der Waals surface area contributed by atoms with Gasteiger partial charge >= 0.3 is 0 Å². The molecule has 3 aliphatic rings. The van der Waals surface area contributed by atoms with Gasteiger partial charge in [0.05, 0.1) is 11.2 Å². The zero-order chi connectivity index (χ0) is 31.4. The number of nitrogens with one attached hydrogen (secondary N) is 1. The molecule has 0 spiro atoms. The van der Waals surface area contributed by atoms with E-state index in [0.717, 1.165) is 7.28 Å². The fraction of sp³-hybridized carbons (Fsp3) is 0.136. The van der Waals surface area contributed by atoms with Crippen molar-refractivity contribution in [1.82, 2.24) is 4.57 Å². The van der Waals surface area contributed by atoms with Gasteiger partial charge in [0.25, 0.3) is 0 Å². The van der Waals surface area contributed by atoms with Crippen LogP contribution in [-0.2, 0) is 10.8 Å². The molecule has 8 aromatic rings. The molecule has 47 heavy (non-hydrogen) atoms. The highest BCUT2D eigenvalue weighted by Gasteiger charge is 2.40. The van der Waals surface area contributed by atoms with Crippen LogP contribution in [0.4, 0.5) is 11.4 Å². The molecule has 0 saturated carbocycles. The Balaban J connectivity index is 1.30. The van der Waals surface area contributed by atoms with Crippen molar-refractivity contribution in [1.29, 1.82) is 0 Å². The molecule has 0 amide bonds. The van der Waals surface area contributed by atoms with Crippen molar-refractivity contribution in [3.05, 3.63) is 138 Å². The van der Waals surface area contributed by atoms with Crippen molar-refractivity contribution in [2.75, 3.05) is 5.32 Å². The molecule has 0 saturated heterocycles. The highest BCUT2D eigenvalue weighted by Crippen LogP contribution is 2.53. The summed E-state index contributed by atoms with van der Waals surface area (Å²) in [5, 5.41) is 12.0. The lowest BCUT2D eigenvalue weighted by Gasteiger charge is -2.38. The van der Waals surface area contributed by atoms with Crippen LogP contribution in [0.15, 0.2) is 115 Å². The molecule has 4 heterocycles. The maximum Gasteiger partial charge on any atom is 0.198 e. The van der Waals surface area contributed by atoms with Gasteiger partial charge in [-0.3, -0.25) is 0 Å². The fourth-order valence-electron chi connectivity index (χ4n) is 9.70. The Hall–Kier alpha value is -5.28. The fourth-order valence-corrected chi connectivity index (χ4v) is 9.70. The number of benzene rings is 7. The van der Waals surface area contributed by atoms with E-state index in [0.29, 0.717) is 0 Å². The summed E-state index contributed by atoms with van der Waals surface area (Å²) in [6.45, 7) is 9.59. The molecule has 0 unspecified atom stereocenters. The van der Waals surface area contributed by atoms with E-state index in [2.05, 4.69) is 153 Å². The normalized spacial score (nSPS) is 15.9. The lowest BCUT2D eigenvalue weighted by molar-refractivity contribution is 0.631. The zero-order valence-electron chi connectivity index (χ0n) is 27.1. The standard InChI is InChI=1S/C44H33BN2/c1-43(2)30-18-9-16-28(39(30)46-35-23-25-13-6-5-12-24(25)22-33(35)43)36-26-14-7-8-15-27(26)37-29-17-10-19-31-40(29)47-41-32(44(31,3)4)20-11-21-34(41)45-38(36)42(37)47/h5-23,45-46H,1-4H3. The molecule has 3 heteroatoms. The lowest BCUT2D eigenvalue weighted by Crippen LogP contribution is -2.41. The Labute approximate surface area is 274 Å². The van der Waals surface area contributed by atoms with Crippen LogP contribution in [0.25, 0.3) is 60.2 Å². The molecule has 0 bridgehead atoms. The molecule has 1 N–H and O–H groups in total. The van der Waals surface area contributed by atoms with Crippen LogP contribution >= 0.6 is 0 Å². The van der Waals surface area contributed by atoms with Crippen LogP contribution in [0.3, 0.4) is 0 Å². The number of para-hydroxylation sites is 3. The van der Waals surface area contributed by atoms with Gasteiger partial charge in [-0.05, 0) is 67.0 Å². The minimum Gasteiger partial charge on any atom is -0.354 e. The van der Waals surface area contributed by atoms with Crippen molar-refractivity contribution in [3.8, 4) is 16.8 Å². The van der Waals surface area contributed by atoms with Crippen LogP contribution in [0, 0.1) is 0 Å². The summed E-state index contributed by atoms with van der Waals surface area (Å²) in [6.07, 6.45) is 0. The topological polar surface area (TPSA) is 17.0 Å². The first-order valence-corrected chi connectivity index (χ1v) is 16.9. The smallest absolute Gasteiger partial charge is 0.198 e. The summed E-state index contributed by atoms with van der Waals surface area (Å²) in [4.78, 5) is 0. The van der Waals surface area contributed by atoms with Crippen LogP contribution < -0.4 is 16.2 Å². The molecule has 1 aromatic heterocycles. The van der Waals surface area contributed by atoms with E-state index in [-0.39, 0.29) is 10.8 Å². The second-order valence-electron chi connectivity index (χ2n) is 15.0. The van der Waals surface area contributed by atoms with Crippen LogP contribution in [0.1, 0.15) is 49.9 Å². The summed E-state index contributed by atoms with van der Waals surface area (Å²) in [5.74, 6) is 0. The maximum atomic E-state index is 4.02. The summed E-state index contributed by atoms with van der Waals surface area (Å²) >= 11 is 0. The van der Waals surface area contributed by atoms with Crippen molar-refractivity contribution in [3.63, 3.8) is 0 Å². The summed E-state index contributed by atoms with van der Waals surface area (Å²) in [6, 6.07) is 43.6. The van der Waals surface area contributed by atoms with Gasteiger partial charge in [0.1, 0.15) is 0 Å². The number of rotatable bonds is 1. The predicted octanol–water partition coefficient (Wildman–Crippen LogP) is 9.48. The maximum absolute atomic E-state index is 4.02. The number of hydrogen-bond acceptors (Lipinski definition) is 1.